The van der Waals surface area contributed by atoms with E-state index in [0.29, 0.717) is 12.1 Å². The molecule has 0 spiro atoms. The number of halogens is 3. The number of benzene rings is 1. The average molecular weight is 231 g/mol. The fourth-order valence-electron chi connectivity index (χ4n) is 1.62. The van der Waals surface area contributed by atoms with Gasteiger partial charge in [0, 0.05) is 6.54 Å². The van der Waals surface area contributed by atoms with Crippen LogP contribution in [0.3, 0.4) is 0 Å². The molecule has 1 nitrogen and oxygen atoms in total. The third-order valence-electron chi connectivity index (χ3n) is 2.31. The van der Waals surface area contributed by atoms with Crippen molar-refractivity contribution >= 4 is 0 Å². The van der Waals surface area contributed by atoms with Crippen LogP contribution in [-0.2, 0) is 12.7 Å². The zero-order chi connectivity index (χ0) is 12.2. The highest BCUT2D eigenvalue weighted by Gasteiger charge is 2.30. The minimum atomic E-state index is -4.25. The smallest absolute Gasteiger partial charge is 0.302 e. The monoisotopic (exact) mass is 231 g/mol. The summed E-state index contributed by atoms with van der Waals surface area (Å²) < 4.78 is 37.3. The van der Waals surface area contributed by atoms with Gasteiger partial charge in [0.05, 0.1) is 5.56 Å². The van der Waals surface area contributed by atoms with Gasteiger partial charge in [0.15, 0.2) is 0 Å². The predicted molar refractivity (Wildman–Crippen MR) is 58.1 cm³/mol. The average Bonchev–Trinajstić information content (AvgIpc) is 2.17. The summed E-state index contributed by atoms with van der Waals surface area (Å²) in [6.45, 7) is 3.48. The normalized spacial score (nSPS) is 12.1. The maximum atomic E-state index is 12.4. The van der Waals surface area contributed by atoms with E-state index in [0.717, 1.165) is 19.0 Å². The minimum absolute atomic E-state index is 0.553. The summed E-state index contributed by atoms with van der Waals surface area (Å²) in [6, 6.07) is 5.49. The van der Waals surface area contributed by atoms with E-state index in [2.05, 4.69) is 0 Å². The molecule has 4 heteroatoms. The first-order chi connectivity index (χ1) is 7.43. The number of hydrogen-bond donors (Lipinski definition) is 0. The van der Waals surface area contributed by atoms with Gasteiger partial charge in [-0.25, -0.2) is 0 Å². The van der Waals surface area contributed by atoms with E-state index in [1.807, 2.05) is 18.9 Å². The van der Waals surface area contributed by atoms with E-state index in [4.69, 9.17) is 0 Å². The van der Waals surface area contributed by atoms with Gasteiger partial charge in [0.2, 0.25) is 0 Å². The van der Waals surface area contributed by atoms with Gasteiger partial charge >= 0.3 is 6.18 Å². The lowest BCUT2D eigenvalue weighted by Crippen LogP contribution is -2.18. The molecule has 1 aromatic rings. The van der Waals surface area contributed by atoms with Gasteiger partial charge < -0.3 is 4.90 Å². The molecule has 0 N–H and O–H groups in total. The number of rotatable bonds is 4. The van der Waals surface area contributed by atoms with Crippen molar-refractivity contribution in [3.63, 3.8) is 0 Å². The molecule has 0 aliphatic rings. The molecule has 1 aromatic carbocycles. The van der Waals surface area contributed by atoms with Gasteiger partial charge in [0.1, 0.15) is 0 Å². The van der Waals surface area contributed by atoms with E-state index < -0.39 is 11.7 Å². The van der Waals surface area contributed by atoms with Crippen LogP contribution in [0.2, 0.25) is 0 Å². The number of alkyl halides is 3. The van der Waals surface area contributed by atoms with Crippen molar-refractivity contribution in [2.45, 2.75) is 26.1 Å². The van der Waals surface area contributed by atoms with Crippen molar-refractivity contribution < 1.29 is 13.2 Å². The highest BCUT2D eigenvalue weighted by atomic mass is 19.4. The lowest BCUT2D eigenvalue weighted by atomic mass is 10.1. The molecule has 90 valence electrons. The second-order valence-electron chi connectivity index (χ2n) is 3.94. The molecule has 0 bridgehead atoms. The summed E-state index contributed by atoms with van der Waals surface area (Å²) in [5, 5.41) is 0. The molecular weight excluding hydrogens is 215 g/mol. The molecule has 0 atom stereocenters. The Kier molecular flexibility index (Phi) is 4.35. The topological polar surface area (TPSA) is 3.24 Å². The number of nitrogens with zero attached hydrogens (tertiary/aromatic N) is 1. The third kappa shape index (κ3) is 3.85. The van der Waals surface area contributed by atoms with Crippen LogP contribution in [0.15, 0.2) is 24.3 Å². The summed E-state index contributed by atoms with van der Waals surface area (Å²) in [4.78, 5) is 2.01. The molecule has 0 saturated carbocycles. The SMILES string of the molecule is CCCN(C)Cc1cccc(C(F)(F)F)c1. The van der Waals surface area contributed by atoms with E-state index >= 15 is 0 Å². The Labute approximate surface area is 93.9 Å². The summed E-state index contributed by atoms with van der Waals surface area (Å²) in [6.07, 6.45) is -3.26. The maximum absolute atomic E-state index is 12.4. The van der Waals surface area contributed by atoms with Crippen molar-refractivity contribution in [1.82, 2.24) is 4.90 Å². The van der Waals surface area contributed by atoms with Crippen LogP contribution in [-0.4, -0.2) is 18.5 Å². The van der Waals surface area contributed by atoms with Crippen LogP contribution in [0.1, 0.15) is 24.5 Å². The van der Waals surface area contributed by atoms with Crippen molar-refractivity contribution in [2.24, 2.45) is 0 Å². The van der Waals surface area contributed by atoms with E-state index in [9.17, 15) is 13.2 Å². The van der Waals surface area contributed by atoms with Crippen molar-refractivity contribution in [1.29, 1.82) is 0 Å². The molecule has 0 heterocycles. The molecular formula is C12H16F3N. The molecule has 0 fully saturated rings. The number of hydrogen-bond acceptors (Lipinski definition) is 1. The maximum Gasteiger partial charge on any atom is 0.416 e. The molecule has 0 unspecified atom stereocenters. The van der Waals surface area contributed by atoms with E-state index in [1.54, 1.807) is 6.07 Å². The zero-order valence-electron chi connectivity index (χ0n) is 9.51. The standard InChI is InChI=1S/C12H16F3N/c1-3-7-16(2)9-10-5-4-6-11(8-10)12(13,14)15/h4-6,8H,3,7,9H2,1-2H3. The first kappa shape index (κ1) is 13.0. The van der Waals surface area contributed by atoms with Crippen LogP contribution in [0.4, 0.5) is 13.2 Å². The largest absolute Gasteiger partial charge is 0.416 e. The van der Waals surface area contributed by atoms with Gasteiger partial charge in [0.25, 0.3) is 0 Å². The summed E-state index contributed by atoms with van der Waals surface area (Å²) in [7, 11) is 1.91. The van der Waals surface area contributed by atoms with Gasteiger partial charge in [-0.05, 0) is 31.6 Å². The van der Waals surface area contributed by atoms with Gasteiger partial charge in [-0.3, -0.25) is 0 Å². The van der Waals surface area contributed by atoms with Crippen molar-refractivity contribution in [2.75, 3.05) is 13.6 Å². The lowest BCUT2D eigenvalue weighted by molar-refractivity contribution is -0.137. The van der Waals surface area contributed by atoms with Gasteiger partial charge in [-0.2, -0.15) is 13.2 Å². The Morgan fingerprint density at radius 3 is 2.50 bits per heavy atom. The first-order valence-corrected chi connectivity index (χ1v) is 5.28. The molecule has 0 aromatic heterocycles. The van der Waals surface area contributed by atoms with Crippen LogP contribution < -0.4 is 0 Å². The highest BCUT2D eigenvalue weighted by Crippen LogP contribution is 2.29. The summed E-state index contributed by atoms with van der Waals surface area (Å²) >= 11 is 0. The Bertz CT molecular complexity index is 333. The molecule has 1 rings (SSSR count). The van der Waals surface area contributed by atoms with Crippen LogP contribution in [0.5, 0.6) is 0 Å². The second kappa shape index (κ2) is 5.34. The second-order valence-corrected chi connectivity index (χ2v) is 3.94. The minimum Gasteiger partial charge on any atom is -0.302 e. The summed E-state index contributed by atoms with van der Waals surface area (Å²) in [5.74, 6) is 0. The molecule has 0 radical (unpaired) electrons. The quantitative estimate of drug-likeness (QED) is 0.766. The van der Waals surface area contributed by atoms with Gasteiger partial charge in [-0.1, -0.05) is 25.1 Å². The first-order valence-electron chi connectivity index (χ1n) is 5.28. The molecule has 0 saturated heterocycles. The fourth-order valence-corrected chi connectivity index (χ4v) is 1.62. The Morgan fingerprint density at radius 2 is 1.94 bits per heavy atom. The van der Waals surface area contributed by atoms with Crippen molar-refractivity contribution in [3.8, 4) is 0 Å². The molecule has 0 aliphatic carbocycles. The van der Waals surface area contributed by atoms with Crippen molar-refractivity contribution in [3.05, 3.63) is 35.4 Å². The van der Waals surface area contributed by atoms with Crippen LogP contribution >= 0.6 is 0 Å². The van der Waals surface area contributed by atoms with E-state index in [1.165, 1.54) is 12.1 Å². The Hall–Kier alpha value is -1.03. The van der Waals surface area contributed by atoms with E-state index in [-0.39, 0.29) is 0 Å². The Morgan fingerprint density at radius 1 is 1.25 bits per heavy atom. The Balaban J connectivity index is 2.75. The predicted octanol–water partition coefficient (Wildman–Crippen LogP) is 3.55. The highest BCUT2D eigenvalue weighted by molar-refractivity contribution is 5.25. The zero-order valence-corrected chi connectivity index (χ0v) is 9.51. The molecule has 0 amide bonds. The van der Waals surface area contributed by atoms with Gasteiger partial charge in [-0.15, -0.1) is 0 Å². The van der Waals surface area contributed by atoms with Crippen LogP contribution in [0.25, 0.3) is 0 Å². The third-order valence-corrected chi connectivity index (χ3v) is 2.31. The van der Waals surface area contributed by atoms with Crippen LogP contribution in [0, 0.1) is 0 Å². The molecule has 0 aliphatic heterocycles. The summed E-state index contributed by atoms with van der Waals surface area (Å²) in [5.41, 5.74) is 0.126. The lowest BCUT2D eigenvalue weighted by Gasteiger charge is -2.16. The fraction of sp³-hybridized carbons (Fsp3) is 0.500. The molecule has 16 heavy (non-hydrogen) atoms.